The molecule has 0 atom stereocenters. The Balaban J connectivity index is 1.86. The molecule has 1 aliphatic rings. The minimum absolute atomic E-state index is 0.0228. The van der Waals surface area contributed by atoms with Gasteiger partial charge in [-0.15, -0.1) is 0 Å². The van der Waals surface area contributed by atoms with Crippen LogP contribution in [0, 0.1) is 0 Å². The van der Waals surface area contributed by atoms with Crippen LogP contribution in [0.4, 0.5) is 5.69 Å². The van der Waals surface area contributed by atoms with E-state index in [1.807, 2.05) is 4.90 Å². The number of hydrogen-bond acceptors (Lipinski definition) is 3. The average Bonchev–Trinajstić information content (AvgIpc) is 2.45. The van der Waals surface area contributed by atoms with Crippen molar-refractivity contribution >= 4 is 17.5 Å². The summed E-state index contributed by atoms with van der Waals surface area (Å²) < 4.78 is 5.50. The van der Waals surface area contributed by atoms with Gasteiger partial charge in [-0.2, -0.15) is 0 Å². The first-order valence-corrected chi connectivity index (χ1v) is 6.93. The Labute approximate surface area is 118 Å². The summed E-state index contributed by atoms with van der Waals surface area (Å²) in [5.74, 6) is 0.475. The molecule has 1 fully saturated rings. The van der Waals surface area contributed by atoms with Crippen molar-refractivity contribution in [2.75, 3.05) is 25.0 Å². The van der Waals surface area contributed by atoms with Crippen LogP contribution in [0.5, 0.6) is 5.75 Å². The lowest BCUT2D eigenvalue weighted by molar-refractivity contribution is -0.134. The molecule has 1 heterocycles. The summed E-state index contributed by atoms with van der Waals surface area (Å²) in [6.45, 7) is 3.15. The van der Waals surface area contributed by atoms with Crippen molar-refractivity contribution in [2.45, 2.75) is 26.2 Å². The summed E-state index contributed by atoms with van der Waals surface area (Å²) in [6.07, 6.45) is 3.34. The van der Waals surface area contributed by atoms with E-state index in [-0.39, 0.29) is 18.4 Å². The van der Waals surface area contributed by atoms with E-state index in [4.69, 9.17) is 4.74 Å². The summed E-state index contributed by atoms with van der Waals surface area (Å²) in [5, 5.41) is 2.68. The number of carbonyl (C=O) groups excluding carboxylic acids is 2. The van der Waals surface area contributed by atoms with Gasteiger partial charge >= 0.3 is 0 Å². The highest BCUT2D eigenvalue weighted by Gasteiger charge is 2.16. The van der Waals surface area contributed by atoms with Crippen molar-refractivity contribution in [1.29, 1.82) is 0 Å². The predicted octanol–water partition coefficient (Wildman–Crippen LogP) is 2.04. The van der Waals surface area contributed by atoms with Gasteiger partial charge in [0, 0.05) is 31.8 Å². The summed E-state index contributed by atoms with van der Waals surface area (Å²) in [7, 11) is 0. The van der Waals surface area contributed by atoms with E-state index in [1.54, 1.807) is 24.3 Å². The number of piperidine rings is 1. The molecule has 2 rings (SSSR count). The molecule has 1 aromatic rings. The Bertz CT molecular complexity index is 482. The van der Waals surface area contributed by atoms with E-state index in [2.05, 4.69) is 5.32 Å². The zero-order valence-corrected chi connectivity index (χ0v) is 11.7. The molecule has 0 saturated carbocycles. The number of rotatable bonds is 4. The number of hydrogen-bond donors (Lipinski definition) is 1. The molecule has 0 aliphatic carbocycles. The molecule has 0 radical (unpaired) electrons. The van der Waals surface area contributed by atoms with Gasteiger partial charge in [0.05, 0.1) is 0 Å². The normalized spacial score (nSPS) is 14.8. The van der Waals surface area contributed by atoms with Crippen LogP contribution >= 0.6 is 0 Å². The van der Waals surface area contributed by atoms with Crippen LogP contribution in [-0.4, -0.2) is 36.4 Å². The van der Waals surface area contributed by atoms with Crippen molar-refractivity contribution in [3.8, 4) is 5.75 Å². The molecule has 108 valence electrons. The highest BCUT2D eigenvalue weighted by molar-refractivity contribution is 5.88. The van der Waals surface area contributed by atoms with Gasteiger partial charge in [-0.25, -0.2) is 0 Å². The van der Waals surface area contributed by atoms with Gasteiger partial charge in [0.15, 0.2) is 6.61 Å². The number of likely N-dealkylation sites (tertiary alicyclic amines) is 1. The fourth-order valence-electron chi connectivity index (χ4n) is 2.25. The smallest absolute Gasteiger partial charge is 0.260 e. The van der Waals surface area contributed by atoms with Crippen molar-refractivity contribution < 1.29 is 14.3 Å². The lowest BCUT2D eigenvalue weighted by Gasteiger charge is -2.26. The summed E-state index contributed by atoms with van der Waals surface area (Å²) >= 11 is 0. The third-order valence-electron chi connectivity index (χ3n) is 3.23. The van der Waals surface area contributed by atoms with Crippen molar-refractivity contribution in [3.05, 3.63) is 24.3 Å². The highest BCUT2D eigenvalue weighted by atomic mass is 16.5. The van der Waals surface area contributed by atoms with Gasteiger partial charge < -0.3 is 15.0 Å². The minimum Gasteiger partial charge on any atom is -0.484 e. The van der Waals surface area contributed by atoms with Crippen LogP contribution in [0.3, 0.4) is 0 Å². The fourth-order valence-corrected chi connectivity index (χ4v) is 2.25. The predicted molar refractivity (Wildman–Crippen MR) is 76.7 cm³/mol. The lowest BCUT2D eigenvalue weighted by Crippen LogP contribution is -2.38. The zero-order valence-electron chi connectivity index (χ0n) is 11.7. The van der Waals surface area contributed by atoms with E-state index in [1.165, 1.54) is 13.3 Å². The molecule has 5 nitrogen and oxygen atoms in total. The molecular weight excluding hydrogens is 256 g/mol. The molecule has 20 heavy (non-hydrogen) atoms. The highest BCUT2D eigenvalue weighted by Crippen LogP contribution is 2.17. The molecule has 1 aromatic carbocycles. The monoisotopic (exact) mass is 276 g/mol. The first kappa shape index (κ1) is 14.4. The van der Waals surface area contributed by atoms with E-state index >= 15 is 0 Å². The maximum absolute atomic E-state index is 12.0. The van der Waals surface area contributed by atoms with Crippen LogP contribution in [0.2, 0.25) is 0 Å². The van der Waals surface area contributed by atoms with Crippen LogP contribution in [0.1, 0.15) is 26.2 Å². The molecule has 0 unspecified atom stereocenters. The topological polar surface area (TPSA) is 58.6 Å². The summed E-state index contributed by atoms with van der Waals surface area (Å²) in [4.78, 5) is 24.8. The molecule has 5 heteroatoms. The molecule has 0 spiro atoms. The zero-order chi connectivity index (χ0) is 14.4. The molecule has 1 saturated heterocycles. The Morgan fingerprint density at radius 1 is 1.25 bits per heavy atom. The number of benzene rings is 1. The van der Waals surface area contributed by atoms with E-state index in [0.29, 0.717) is 11.4 Å². The Kier molecular flexibility index (Phi) is 4.98. The Morgan fingerprint density at radius 2 is 2.00 bits per heavy atom. The Hall–Kier alpha value is -2.04. The number of nitrogens with zero attached hydrogens (tertiary/aromatic N) is 1. The van der Waals surface area contributed by atoms with Gasteiger partial charge in [0.2, 0.25) is 5.91 Å². The molecule has 0 aromatic heterocycles. The SMILES string of the molecule is CC(=O)Nc1cccc(OCC(=O)N2CCCCC2)c1. The van der Waals surface area contributed by atoms with Gasteiger partial charge in [0.25, 0.3) is 5.91 Å². The maximum atomic E-state index is 12.0. The van der Waals surface area contributed by atoms with Crippen LogP contribution < -0.4 is 10.1 Å². The van der Waals surface area contributed by atoms with Crippen molar-refractivity contribution in [1.82, 2.24) is 4.90 Å². The van der Waals surface area contributed by atoms with E-state index in [9.17, 15) is 9.59 Å². The number of amides is 2. The first-order valence-electron chi connectivity index (χ1n) is 6.93. The second kappa shape index (κ2) is 6.93. The van der Waals surface area contributed by atoms with Crippen LogP contribution in [0.25, 0.3) is 0 Å². The van der Waals surface area contributed by atoms with Crippen molar-refractivity contribution in [3.63, 3.8) is 0 Å². The second-order valence-electron chi connectivity index (χ2n) is 4.94. The number of anilines is 1. The quantitative estimate of drug-likeness (QED) is 0.915. The average molecular weight is 276 g/mol. The maximum Gasteiger partial charge on any atom is 0.260 e. The number of carbonyl (C=O) groups is 2. The fraction of sp³-hybridized carbons (Fsp3) is 0.467. The van der Waals surface area contributed by atoms with Crippen molar-refractivity contribution in [2.24, 2.45) is 0 Å². The molecule has 1 N–H and O–H groups in total. The van der Waals surface area contributed by atoms with Gasteiger partial charge in [-0.05, 0) is 31.4 Å². The van der Waals surface area contributed by atoms with Gasteiger partial charge in [-0.1, -0.05) is 6.07 Å². The second-order valence-corrected chi connectivity index (χ2v) is 4.94. The molecule has 1 aliphatic heterocycles. The number of nitrogens with one attached hydrogen (secondary N) is 1. The third-order valence-corrected chi connectivity index (χ3v) is 3.23. The molecule has 0 bridgehead atoms. The number of ether oxygens (including phenoxy) is 1. The van der Waals surface area contributed by atoms with Gasteiger partial charge in [-0.3, -0.25) is 9.59 Å². The largest absolute Gasteiger partial charge is 0.484 e. The third kappa shape index (κ3) is 4.26. The summed E-state index contributed by atoms with van der Waals surface area (Å²) in [6, 6.07) is 7.05. The molecule has 2 amide bonds. The van der Waals surface area contributed by atoms with E-state index in [0.717, 1.165) is 25.9 Å². The minimum atomic E-state index is -0.133. The Morgan fingerprint density at radius 3 is 2.70 bits per heavy atom. The summed E-state index contributed by atoms with van der Waals surface area (Å²) in [5.41, 5.74) is 0.667. The van der Waals surface area contributed by atoms with E-state index < -0.39 is 0 Å². The lowest BCUT2D eigenvalue weighted by atomic mass is 10.1. The standard InChI is InChI=1S/C15H20N2O3/c1-12(18)16-13-6-5-7-14(10-13)20-11-15(19)17-8-3-2-4-9-17/h5-7,10H,2-4,8-9,11H2,1H3,(H,16,18). The van der Waals surface area contributed by atoms with Crippen LogP contribution in [-0.2, 0) is 9.59 Å². The van der Waals surface area contributed by atoms with Crippen LogP contribution in [0.15, 0.2) is 24.3 Å². The first-order chi connectivity index (χ1) is 9.65. The van der Waals surface area contributed by atoms with Gasteiger partial charge in [0.1, 0.15) is 5.75 Å². The molecular formula is C15H20N2O3.